The average Bonchev–Trinajstić information content (AvgIpc) is 2.92. The van der Waals surface area contributed by atoms with E-state index < -0.39 is 5.00 Å². The van der Waals surface area contributed by atoms with Crippen molar-refractivity contribution in [2.45, 2.75) is 18.5 Å². The summed E-state index contributed by atoms with van der Waals surface area (Å²) >= 11 is 13.2. The summed E-state index contributed by atoms with van der Waals surface area (Å²) in [6.45, 7) is 1.85. The summed E-state index contributed by atoms with van der Waals surface area (Å²) in [4.78, 5) is 25.2. The Kier molecular flexibility index (Phi) is 4.74. The predicted octanol–water partition coefficient (Wildman–Crippen LogP) is 5.64. The maximum Gasteiger partial charge on any atom is 0.256 e. The molecule has 0 aliphatic carbocycles. The molecule has 140 valence electrons. The molecule has 0 fully saturated rings. The van der Waals surface area contributed by atoms with Crippen molar-refractivity contribution in [2.24, 2.45) is 0 Å². The van der Waals surface area contributed by atoms with Crippen molar-refractivity contribution >= 4 is 34.9 Å². The van der Waals surface area contributed by atoms with E-state index in [1.165, 1.54) is 6.92 Å². The van der Waals surface area contributed by atoms with Crippen molar-refractivity contribution in [3.05, 3.63) is 106 Å². The second kappa shape index (κ2) is 7.08. The van der Waals surface area contributed by atoms with Crippen LogP contribution < -0.4 is 0 Å². The highest BCUT2D eigenvalue weighted by Crippen LogP contribution is 2.48. The number of rotatable bonds is 4. The van der Waals surface area contributed by atoms with E-state index in [1.807, 2.05) is 42.5 Å². The van der Waals surface area contributed by atoms with Crippen LogP contribution in [0.2, 0.25) is 5.02 Å². The van der Waals surface area contributed by atoms with Crippen molar-refractivity contribution in [3.63, 3.8) is 0 Å². The first kappa shape index (κ1) is 18.7. The maximum absolute atomic E-state index is 13.2. The van der Waals surface area contributed by atoms with E-state index >= 15 is 0 Å². The summed E-state index contributed by atoms with van der Waals surface area (Å²) < 4.78 is 0. The number of nitrogens with zero attached hydrogens (tertiary/aromatic N) is 1. The topological polar surface area (TPSA) is 37.4 Å². The molecule has 3 nitrogen and oxygen atoms in total. The number of hydrogen-bond donors (Lipinski definition) is 0. The molecule has 0 aromatic heterocycles. The third-order valence-electron chi connectivity index (χ3n) is 5.06. The van der Waals surface area contributed by atoms with Crippen molar-refractivity contribution in [2.75, 3.05) is 0 Å². The summed E-state index contributed by atoms with van der Waals surface area (Å²) in [5.74, 6) is -0.125. The molecule has 1 unspecified atom stereocenters. The molecule has 0 bridgehead atoms. The number of halogens is 2. The molecule has 0 spiro atoms. The quantitative estimate of drug-likeness (QED) is 0.317. The Labute approximate surface area is 173 Å². The Morgan fingerprint density at radius 2 is 1.61 bits per heavy atom. The van der Waals surface area contributed by atoms with Crippen molar-refractivity contribution in [1.29, 1.82) is 0 Å². The Morgan fingerprint density at radius 1 is 0.964 bits per heavy atom. The third-order valence-corrected chi connectivity index (χ3v) is 5.94. The number of alkyl halides is 1. The van der Waals surface area contributed by atoms with Gasteiger partial charge in [0, 0.05) is 28.3 Å². The monoisotopic (exact) mass is 409 g/mol. The summed E-state index contributed by atoms with van der Waals surface area (Å²) in [5.41, 5.74) is 3.65. The molecule has 1 aliphatic rings. The molecule has 0 radical (unpaired) electrons. The van der Waals surface area contributed by atoms with Gasteiger partial charge in [0.1, 0.15) is 0 Å². The summed E-state index contributed by atoms with van der Waals surface area (Å²) in [6, 6.07) is 21.9. The lowest BCUT2D eigenvalue weighted by Crippen LogP contribution is -2.39. The molecule has 1 amide bonds. The Bertz CT molecular complexity index is 1060. The van der Waals surface area contributed by atoms with Crippen LogP contribution in [0.3, 0.4) is 0 Å². The van der Waals surface area contributed by atoms with E-state index in [-0.39, 0.29) is 11.7 Å². The largest absolute Gasteiger partial charge is 0.307 e. The molecule has 5 heteroatoms. The van der Waals surface area contributed by atoms with Gasteiger partial charge >= 0.3 is 0 Å². The lowest BCUT2D eigenvalue weighted by atomic mass is 9.97. The maximum atomic E-state index is 13.2. The minimum Gasteiger partial charge on any atom is -0.307 e. The number of benzene rings is 3. The van der Waals surface area contributed by atoms with Gasteiger partial charge < -0.3 is 4.90 Å². The van der Waals surface area contributed by atoms with Gasteiger partial charge in [0.25, 0.3) is 5.91 Å². The molecule has 4 rings (SSSR count). The average molecular weight is 410 g/mol. The van der Waals surface area contributed by atoms with E-state index in [2.05, 4.69) is 0 Å². The molecule has 1 aliphatic heterocycles. The zero-order chi connectivity index (χ0) is 19.9. The standard InChI is InChI=1S/C23H17Cl2NO2/c1-15(27)17-8-6-16(7-9-17)14-26-22(28)20-4-2-3-5-21(20)23(26,25)18-10-12-19(24)13-11-18/h2-13H,14H2,1H3. The lowest BCUT2D eigenvalue weighted by Gasteiger charge is -2.34. The van der Waals surface area contributed by atoms with E-state index in [9.17, 15) is 9.59 Å². The highest BCUT2D eigenvalue weighted by molar-refractivity contribution is 6.31. The number of amides is 1. The fourth-order valence-electron chi connectivity index (χ4n) is 3.58. The SMILES string of the molecule is CC(=O)c1ccc(CN2C(=O)c3ccccc3C2(Cl)c2ccc(Cl)cc2)cc1. The number of ketones is 1. The first-order valence-electron chi connectivity index (χ1n) is 8.87. The van der Waals surface area contributed by atoms with Gasteiger partial charge in [0.05, 0.1) is 0 Å². The van der Waals surface area contributed by atoms with Crippen molar-refractivity contribution < 1.29 is 9.59 Å². The van der Waals surface area contributed by atoms with Gasteiger partial charge in [-0.3, -0.25) is 9.59 Å². The van der Waals surface area contributed by atoms with Crippen molar-refractivity contribution in [1.82, 2.24) is 4.90 Å². The van der Waals surface area contributed by atoms with E-state index in [1.54, 1.807) is 35.2 Å². The van der Waals surface area contributed by atoms with Crippen LogP contribution in [-0.4, -0.2) is 16.6 Å². The number of hydrogen-bond acceptors (Lipinski definition) is 2. The summed E-state index contributed by atoms with van der Waals surface area (Å²) in [6.07, 6.45) is 0. The number of carbonyl (C=O) groups is 2. The van der Waals surface area contributed by atoms with Gasteiger partial charge in [-0.15, -0.1) is 0 Å². The van der Waals surface area contributed by atoms with Gasteiger partial charge in [0.15, 0.2) is 10.8 Å². The fourth-order valence-corrected chi connectivity index (χ4v) is 4.13. The number of fused-ring (bicyclic) bond motifs is 1. The summed E-state index contributed by atoms with van der Waals surface area (Å²) in [5, 5.41) is 0.605. The minimum atomic E-state index is -1.13. The smallest absolute Gasteiger partial charge is 0.256 e. The highest BCUT2D eigenvalue weighted by Gasteiger charge is 2.49. The van der Waals surface area contributed by atoms with Crippen LogP contribution in [0.25, 0.3) is 0 Å². The molecular weight excluding hydrogens is 393 g/mol. The number of carbonyl (C=O) groups excluding carboxylic acids is 2. The van der Waals surface area contributed by atoms with Crippen LogP contribution in [0.4, 0.5) is 0 Å². The molecule has 28 heavy (non-hydrogen) atoms. The lowest BCUT2D eigenvalue weighted by molar-refractivity contribution is 0.0702. The molecule has 0 saturated carbocycles. The van der Waals surface area contributed by atoms with Crippen LogP contribution in [0.5, 0.6) is 0 Å². The second-order valence-electron chi connectivity index (χ2n) is 6.82. The second-order valence-corrected chi connectivity index (χ2v) is 7.80. The molecule has 1 atom stereocenters. The van der Waals surface area contributed by atoms with Gasteiger partial charge in [-0.2, -0.15) is 0 Å². The van der Waals surface area contributed by atoms with E-state index in [0.717, 1.165) is 16.7 Å². The molecule has 3 aromatic carbocycles. The van der Waals surface area contributed by atoms with Crippen LogP contribution >= 0.6 is 23.2 Å². The van der Waals surface area contributed by atoms with Crippen LogP contribution in [0.1, 0.15) is 44.3 Å². The molecule has 0 N–H and O–H groups in total. The van der Waals surface area contributed by atoms with Gasteiger partial charge in [-0.25, -0.2) is 0 Å². The van der Waals surface area contributed by atoms with Crippen LogP contribution in [0.15, 0.2) is 72.8 Å². The minimum absolute atomic E-state index is 0.00376. The van der Waals surface area contributed by atoms with Crippen molar-refractivity contribution in [3.8, 4) is 0 Å². The zero-order valence-electron chi connectivity index (χ0n) is 15.2. The van der Waals surface area contributed by atoms with Crippen LogP contribution in [-0.2, 0) is 11.5 Å². The number of Topliss-reactive ketones (excluding diaryl/α,β-unsaturated/α-hetero) is 1. The Hall–Kier alpha value is -2.62. The molecule has 1 heterocycles. The normalized spacial score (nSPS) is 18.2. The highest BCUT2D eigenvalue weighted by atomic mass is 35.5. The van der Waals surface area contributed by atoms with Gasteiger partial charge in [-0.1, -0.05) is 77.8 Å². The van der Waals surface area contributed by atoms with E-state index in [0.29, 0.717) is 22.7 Å². The zero-order valence-corrected chi connectivity index (χ0v) is 16.7. The predicted molar refractivity (Wildman–Crippen MR) is 111 cm³/mol. The molecular formula is C23H17Cl2NO2. The summed E-state index contributed by atoms with van der Waals surface area (Å²) in [7, 11) is 0. The first-order chi connectivity index (χ1) is 13.4. The Balaban J connectivity index is 1.79. The Morgan fingerprint density at radius 3 is 2.25 bits per heavy atom. The molecule has 3 aromatic rings. The van der Waals surface area contributed by atoms with Gasteiger partial charge in [-0.05, 0) is 36.2 Å². The third kappa shape index (κ3) is 3.01. The fraction of sp³-hybridized carbons (Fsp3) is 0.130. The first-order valence-corrected chi connectivity index (χ1v) is 9.63. The van der Waals surface area contributed by atoms with E-state index in [4.69, 9.17) is 23.2 Å². The van der Waals surface area contributed by atoms with Gasteiger partial charge in [0.2, 0.25) is 0 Å². The van der Waals surface area contributed by atoms with Crippen LogP contribution in [0, 0.1) is 0 Å². The molecule has 0 saturated heterocycles.